The Hall–Kier alpha value is -2.98. The van der Waals surface area contributed by atoms with Gasteiger partial charge < -0.3 is 19.5 Å². The molecular weight excluding hydrogens is 386 g/mol. The Bertz CT molecular complexity index is 923. The fourth-order valence-corrected chi connectivity index (χ4v) is 3.73. The quantitative estimate of drug-likeness (QED) is 0.399. The lowest BCUT2D eigenvalue weighted by atomic mass is 9.88. The number of hydrogen-bond acceptors (Lipinski definition) is 4. The van der Waals surface area contributed by atoms with Gasteiger partial charge >= 0.3 is 0 Å². The minimum atomic E-state index is 0.177. The van der Waals surface area contributed by atoms with E-state index in [-0.39, 0.29) is 6.10 Å². The van der Waals surface area contributed by atoms with Gasteiger partial charge in [-0.05, 0) is 67.8 Å². The summed E-state index contributed by atoms with van der Waals surface area (Å²) in [5.41, 5.74) is 3.80. The van der Waals surface area contributed by atoms with Crippen molar-refractivity contribution in [2.24, 2.45) is 0 Å². The van der Waals surface area contributed by atoms with E-state index in [2.05, 4.69) is 66.0 Å². The van der Waals surface area contributed by atoms with Crippen molar-refractivity contribution < 1.29 is 14.2 Å². The maximum absolute atomic E-state index is 5.81. The predicted molar refractivity (Wildman–Crippen MR) is 126 cm³/mol. The first kappa shape index (κ1) is 22.7. The molecule has 0 aromatic heterocycles. The van der Waals surface area contributed by atoms with Crippen molar-refractivity contribution in [1.29, 1.82) is 0 Å². The van der Waals surface area contributed by atoms with Gasteiger partial charge in [0.15, 0.2) is 11.5 Å². The number of nitrogens with one attached hydrogen (secondary N) is 1. The summed E-state index contributed by atoms with van der Waals surface area (Å²) in [5, 5.41) is 3.58. The third-order valence-corrected chi connectivity index (χ3v) is 5.24. The van der Waals surface area contributed by atoms with Crippen LogP contribution in [-0.2, 0) is 6.54 Å². The molecule has 0 unspecified atom stereocenters. The zero-order chi connectivity index (χ0) is 22.1. The van der Waals surface area contributed by atoms with Crippen molar-refractivity contribution in [2.45, 2.75) is 38.8 Å². The smallest absolute Gasteiger partial charge is 0.161 e. The highest BCUT2D eigenvalue weighted by Gasteiger charge is 2.14. The maximum Gasteiger partial charge on any atom is 0.161 e. The third kappa shape index (κ3) is 6.50. The van der Waals surface area contributed by atoms with Crippen molar-refractivity contribution in [2.75, 3.05) is 20.8 Å². The molecule has 0 aliphatic carbocycles. The molecule has 0 saturated heterocycles. The number of hydrogen-bond donors (Lipinski definition) is 1. The van der Waals surface area contributed by atoms with Crippen LogP contribution in [0.15, 0.2) is 72.8 Å². The van der Waals surface area contributed by atoms with Crippen LogP contribution in [-0.4, -0.2) is 26.9 Å². The lowest BCUT2D eigenvalue weighted by Gasteiger charge is -2.19. The van der Waals surface area contributed by atoms with Gasteiger partial charge in [-0.15, -0.1) is 0 Å². The van der Waals surface area contributed by atoms with Crippen LogP contribution >= 0.6 is 0 Å². The highest BCUT2D eigenvalue weighted by Crippen LogP contribution is 2.30. The van der Waals surface area contributed by atoms with Gasteiger partial charge in [0.1, 0.15) is 5.75 Å². The first-order chi connectivity index (χ1) is 15.1. The molecule has 3 aromatic carbocycles. The third-order valence-electron chi connectivity index (χ3n) is 5.24. The molecule has 0 radical (unpaired) electrons. The largest absolute Gasteiger partial charge is 0.493 e. The van der Waals surface area contributed by atoms with Gasteiger partial charge in [-0.3, -0.25) is 0 Å². The van der Waals surface area contributed by atoms with E-state index in [1.807, 2.05) is 26.0 Å². The highest BCUT2D eigenvalue weighted by molar-refractivity contribution is 5.43. The van der Waals surface area contributed by atoms with Crippen molar-refractivity contribution in [3.8, 4) is 17.2 Å². The first-order valence-electron chi connectivity index (χ1n) is 10.8. The average molecular weight is 420 g/mol. The van der Waals surface area contributed by atoms with E-state index in [0.29, 0.717) is 5.92 Å². The van der Waals surface area contributed by atoms with Crippen LogP contribution in [0.4, 0.5) is 0 Å². The van der Waals surface area contributed by atoms with Crippen LogP contribution in [0.5, 0.6) is 17.2 Å². The van der Waals surface area contributed by atoms with Gasteiger partial charge in [0.2, 0.25) is 0 Å². The fourth-order valence-electron chi connectivity index (χ4n) is 3.73. The van der Waals surface area contributed by atoms with Crippen molar-refractivity contribution in [1.82, 2.24) is 5.32 Å². The lowest BCUT2D eigenvalue weighted by Crippen LogP contribution is -2.18. The lowest BCUT2D eigenvalue weighted by molar-refractivity contribution is 0.242. The monoisotopic (exact) mass is 419 g/mol. The van der Waals surface area contributed by atoms with Gasteiger partial charge in [-0.25, -0.2) is 0 Å². The summed E-state index contributed by atoms with van der Waals surface area (Å²) in [5.74, 6) is 2.75. The predicted octanol–water partition coefficient (Wildman–Crippen LogP) is 5.80. The molecule has 3 rings (SSSR count). The van der Waals surface area contributed by atoms with E-state index in [1.165, 1.54) is 16.7 Å². The zero-order valence-corrected chi connectivity index (χ0v) is 18.9. The number of rotatable bonds is 11. The molecule has 0 aliphatic heterocycles. The normalized spacial score (nSPS) is 11.9. The molecule has 0 bridgehead atoms. The Morgan fingerprint density at radius 2 is 1.45 bits per heavy atom. The Kier molecular flexibility index (Phi) is 8.36. The molecule has 164 valence electrons. The highest BCUT2D eigenvalue weighted by atomic mass is 16.5. The second-order valence-electron chi connectivity index (χ2n) is 7.85. The molecule has 0 heterocycles. The van der Waals surface area contributed by atoms with Crippen molar-refractivity contribution in [3.63, 3.8) is 0 Å². The minimum absolute atomic E-state index is 0.177. The van der Waals surface area contributed by atoms with Gasteiger partial charge in [-0.1, -0.05) is 48.5 Å². The summed E-state index contributed by atoms with van der Waals surface area (Å²) in [6, 6.07) is 25.2. The topological polar surface area (TPSA) is 39.7 Å². The molecule has 4 nitrogen and oxygen atoms in total. The van der Waals surface area contributed by atoms with Crippen LogP contribution in [0, 0.1) is 0 Å². The molecule has 0 spiro atoms. The van der Waals surface area contributed by atoms with E-state index in [0.717, 1.165) is 36.8 Å². The van der Waals surface area contributed by atoms with E-state index in [4.69, 9.17) is 14.2 Å². The Morgan fingerprint density at radius 3 is 2.10 bits per heavy atom. The fraction of sp³-hybridized carbons (Fsp3) is 0.333. The summed E-state index contributed by atoms with van der Waals surface area (Å²) < 4.78 is 16.5. The molecule has 1 N–H and O–H groups in total. The van der Waals surface area contributed by atoms with Crippen LogP contribution < -0.4 is 19.5 Å². The maximum atomic E-state index is 5.81. The Balaban J connectivity index is 1.65. The van der Waals surface area contributed by atoms with Crippen molar-refractivity contribution in [3.05, 3.63) is 89.5 Å². The Labute approximate surface area is 186 Å². The van der Waals surface area contributed by atoms with E-state index in [1.54, 1.807) is 14.2 Å². The molecule has 0 amide bonds. The molecular formula is C27H33NO3. The minimum Gasteiger partial charge on any atom is -0.493 e. The van der Waals surface area contributed by atoms with E-state index >= 15 is 0 Å². The Morgan fingerprint density at radius 1 is 0.774 bits per heavy atom. The molecule has 0 saturated carbocycles. The number of ether oxygens (including phenoxy) is 3. The SMILES string of the molecule is COc1ccc(CNCC[C@@H](c2ccccc2)c2ccc(OC(C)C)cc2)cc1OC. The molecule has 0 fully saturated rings. The van der Waals surface area contributed by atoms with Gasteiger partial charge in [0.25, 0.3) is 0 Å². The zero-order valence-electron chi connectivity index (χ0n) is 18.9. The standard InChI is InChI=1S/C27H33NO3/c1-20(2)31-24-13-11-23(12-14-24)25(22-8-6-5-7-9-22)16-17-28-19-21-10-15-26(29-3)27(18-21)30-4/h5-15,18,20,25,28H,16-17,19H2,1-4H3/t25-/m0/s1. The first-order valence-corrected chi connectivity index (χ1v) is 10.8. The summed E-state index contributed by atoms with van der Waals surface area (Å²) in [7, 11) is 3.32. The number of methoxy groups -OCH3 is 2. The molecule has 0 aliphatic rings. The van der Waals surface area contributed by atoms with Gasteiger partial charge in [-0.2, -0.15) is 0 Å². The summed E-state index contributed by atoms with van der Waals surface area (Å²) in [4.78, 5) is 0. The van der Waals surface area contributed by atoms with Crippen LogP contribution in [0.3, 0.4) is 0 Å². The van der Waals surface area contributed by atoms with Crippen molar-refractivity contribution >= 4 is 0 Å². The molecule has 1 atom stereocenters. The molecule has 4 heteroatoms. The second-order valence-corrected chi connectivity index (χ2v) is 7.85. The molecule has 31 heavy (non-hydrogen) atoms. The van der Waals surface area contributed by atoms with Gasteiger partial charge in [0, 0.05) is 12.5 Å². The van der Waals surface area contributed by atoms with E-state index < -0.39 is 0 Å². The van der Waals surface area contributed by atoms with Gasteiger partial charge in [0.05, 0.1) is 20.3 Å². The summed E-state index contributed by atoms with van der Waals surface area (Å²) in [6.07, 6.45) is 1.18. The summed E-state index contributed by atoms with van der Waals surface area (Å²) >= 11 is 0. The number of benzene rings is 3. The average Bonchev–Trinajstić information content (AvgIpc) is 2.80. The van der Waals surface area contributed by atoms with E-state index in [9.17, 15) is 0 Å². The summed E-state index contributed by atoms with van der Waals surface area (Å²) in [6.45, 7) is 5.77. The van der Waals surface area contributed by atoms with Crippen LogP contribution in [0.25, 0.3) is 0 Å². The molecule has 3 aromatic rings. The second kappa shape index (κ2) is 11.4. The van der Waals surface area contributed by atoms with Crippen LogP contribution in [0.2, 0.25) is 0 Å². The van der Waals surface area contributed by atoms with Crippen LogP contribution in [0.1, 0.15) is 42.9 Å².